The fourth-order valence-electron chi connectivity index (χ4n) is 1.29. The van der Waals surface area contributed by atoms with Gasteiger partial charge in [-0.25, -0.2) is 4.79 Å². The van der Waals surface area contributed by atoms with Gasteiger partial charge in [0.05, 0.1) is 5.56 Å². The number of carboxylic acids is 1. The third-order valence-corrected chi connectivity index (χ3v) is 2.98. The Morgan fingerprint density at radius 2 is 2.31 bits per heavy atom. The number of aromatic carboxylic acids is 1. The topological polar surface area (TPSA) is 49.3 Å². The van der Waals surface area contributed by atoms with Crippen LogP contribution in [-0.2, 0) is 0 Å². The highest BCUT2D eigenvalue weighted by Crippen LogP contribution is 2.20. The number of benzene rings is 1. The maximum atomic E-state index is 11.0. The lowest BCUT2D eigenvalue weighted by Gasteiger charge is -2.09. The van der Waals surface area contributed by atoms with Crippen LogP contribution in [0.5, 0.6) is 0 Å². The van der Waals surface area contributed by atoms with E-state index in [1.165, 1.54) is 6.07 Å². The number of carboxylic acid groups (broad SMARTS) is 1. The highest BCUT2D eigenvalue weighted by Gasteiger charge is 2.09. The average molecular weight is 260 g/mol. The van der Waals surface area contributed by atoms with E-state index in [4.69, 9.17) is 16.7 Å². The van der Waals surface area contributed by atoms with Crippen molar-refractivity contribution in [2.75, 3.05) is 23.9 Å². The van der Waals surface area contributed by atoms with Gasteiger partial charge in [-0.2, -0.15) is 11.8 Å². The van der Waals surface area contributed by atoms with Gasteiger partial charge in [-0.3, -0.25) is 0 Å². The van der Waals surface area contributed by atoms with E-state index < -0.39 is 5.97 Å². The molecular formula is C11H14ClNO2S. The molecule has 16 heavy (non-hydrogen) atoms. The Kier molecular flexibility index (Phi) is 5.49. The smallest absolute Gasteiger partial charge is 0.337 e. The summed E-state index contributed by atoms with van der Waals surface area (Å²) in [4.78, 5) is 11.0. The molecule has 0 bridgehead atoms. The molecule has 0 aliphatic heterocycles. The number of hydrogen-bond donors (Lipinski definition) is 2. The van der Waals surface area contributed by atoms with E-state index >= 15 is 0 Å². The molecule has 0 unspecified atom stereocenters. The van der Waals surface area contributed by atoms with Crippen molar-refractivity contribution >= 4 is 35.0 Å². The minimum atomic E-state index is -0.963. The molecule has 0 saturated carbocycles. The minimum absolute atomic E-state index is 0.219. The molecule has 1 aromatic carbocycles. The first-order valence-electron chi connectivity index (χ1n) is 4.91. The molecule has 0 fully saturated rings. The average Bonchev–Trinajstić information content (AvgIpc) is 2.26. The van der Waals surface area contributed by atoms with Crippen LogP contribution in [0.2, 0.25) is 5.02 Å². The highest BCUT2D eigenvalue weighted by atomic mass is 35.5. The van der Waals surface area contributed by atoms with Gasteiger partial charge < -0.3 is 10.4 Å². The van der Waals surface area contributed by atoms with E-state index in [0.29, 0.717) is 10.7 Å². The van der Waals surface area contributed by atoms with Crippen LogP contribution in [-0.4, -0.2) is 29.6 Å². The zero-order valence-electron chi connectivity index (χ0n) is 9.00. The third kappa shape index (κ3) is 3.94. The molecule has 0 amide bonds. The SMILES string of the molecule is CSCCCNc1ccc(Cl)cc1C(=O)O. The van der Waals surface area contributed by atoms with Gasteiger partial charge >= 0.3 is 5.97 Å². The molecule has 2 N–H and O–H groups in total. The second kappa shape index (κ2) is 6.66. The largest absolute Gasteiger partial charge is 0.478 e. The predicted molar refractivity (Wildman–Crippen MR) is 69.9 cm³/mol. The molecule has 0 aliphatic rings. The van der Waals surface area contributed by atoms with Gasteiger partial charge in [0.1, 0.15) is 0 Å². The van der Waals surface area contributed by atoms with E-state index in [-0.39, 0.29) is 5.56 Å². The number of nitrogens with one attached hydrogen (secondary N) is 1. The number of thioether (sulfide) groups is 1. The van der Waals surface area contributed by atoms with Crippen LogP contribution >= 0.6 is 23.4 Å². The Morgan fingerprint density at radius 1 is 1.56 bits per heavy atom. The Labute approximate surface area is 104 Å². The molecule has 0 atom stereocenters. The van der Waals surface area contributed by atoms with Crippen LogP contribution in [0.1, 0.15) is 16.8 Å². The summed E-state index contributed by atoms with van der Waals surface area (Å²) in [6, 6.07) is 4.84. The van der Waals surface area contributed by atoms with Crippen LogP contribution in [0.25, 0.3) is 0 Å². The third-order valence-electron chi connectivity index (χ3n) is 2.05. The van der Waals surface area contributed by atoms with Crippen molar-refractivity contribution in [3.8, 4) is 0 Å². The van der Waals surface area contributed by atoms with Crippen molar-refractivity contribution in [2.45, 2.75) is 6.42 Å². The second-order valence-electron chi connectivity index (χ2n) is 3.27. The number of anilines is 1. The number of hydrogen-bond acceptors (Lipinski definition) is 3. The maximum Gasteiger partial charge on any atom is 0.337 e. The van der Waals surface area contributed by atoms with Crippen LogP contribution in [0.15, 0.2) is 18.2 Å². The lowest BCUT2D eigenvalue weighted by Crippen LogP contribution is -2.08. The Morgan fingerprint density at radius 3 is 2.94 bits per heavy atom. The lowest BCUT2D eigenvalue weighted by molar-refractivity contribution is 0.0698. The zero-order chi connectivity index (χ0) is 12.0. The van der Waals surface area contributed by atoms with E-state index in [1.54, 1.807) is 23.9 Å². The van der Waals surface area contributed by atoms with Crippen LogP contribution < -0.4 is 5.32 Å². The van der Waals surface area contributed by atoms with E-state index in [9.17, 15) is 4.79 Å². The monoisotopic (exact) mass is 259 g/mol. The molecule has 0 saturated heterocycles. The molecule has 3 nitrogen and oxygen atoms in total. The van der Waals surface area contributed by atoms with Gasteiger partial charge in [-0.05, 0) is 36.6 Å². The second-order valence-corrected chi connectivity index (χ2v) is 4.69. The zero-order valence-corrected chi connectivity index (χ0v) is 10.6. The molecule has 1 aromatic rings. The first-order valence-corrected chi connectivity index (χ1v) is 6.68. The van der Waals surface area contributed by atoms with Crippen molar-refractivity contribution in [3.05, 3.63) is 28.8 Å². The molecule has 88 valence electrons. The summed E-state index contributed by atoms with van der Waals surface area (Å²) >= 11 is 7.52. The van der Waals surface area contributed by atoms with Gasteiger partial charge in [0.15, 0.2) is 0 Å². The Balaban J connectivity index is 2.67. The maximum absolute atomic E-state index is 11.0. The summed E-state index contributed by atoms with van der Waals surface area (Å²) < 4.78 is 0. The van der Waals surface area contributed by atoms with E-state index in [1.807, 2.05) is 6.26 Å². The van der Waals surface area contributed by atoms with Crippen molar-refractivity contribution in [2.24, 2.45) is 0 Å². The van der Waals surface area contributed by atoms with Crippen LogP contribution in [0.4, 0.5) is 5.69 Å². The van der Waals surface area contributed by atoms with Gasteiger partial charge in [0.2, 0.25) is 0 Å². The Bertz CT molecular complexity index is 371. The fourth-order valence-corrected chi connectivity index (χ4v) is 1.89. The predicted octanol–water partition coefficient (Wildman–Crippen LogP) is 3.20. The highest BCUT2D eigenvalue weighted by molar-refractivity contribution is 7.98. The number of halogens is 1. The molecule has 0 aliphatic carbocycles. The van der Waals surface area contributed by atoms with Gasteiger partial charge in [-0.1, -0.05) is 11.6 Å². The summed E-state index contributed by atoms with van der Waals surface area (Å²) in [7, 11) is 0. The molecule has 0 radical (unpaired) electrons. The number of carbonyl (C=O) groups is 1. The molecule has 1 rings (SSSR count). The van der Waals surface area contributed by atoms with Crippen LogP contribution in [0, 0.1) is 0 Å². The normalized spacial score (nSPS) is 10.1. The molecule has 0 spiro atoms. The first kappa shape index (κ1) is 13.2. The van der Waals surface area contributed by atoms with Gasteiger partial charge in [0, 0.05) is 17.3 Å². The van der Waals surface area contributed by atoms with Crippen molar-refractivity contribution < 1.29 is 9.90 Å². The van der Waals surface area contributed by atoms with E-state index in [0.717, 1.165) is 18.7 Å². The minimum Gasteiger partial charge on any atom is -0.478 e. The quantitative estimate of drug-likeness (QED) is 0.771. The van der Waals surface area contributed by atoms with E-state index in [2.05, 4.69) is 5.32 Å². The summed E-state index contributed by atoms with van der Waals surface area (Å²) in [5.74, 6) is 0.0954. The molecule has 5 heteroatoms. The standard InChI is InChI=1S/C11H14ClNO2S/c1-16-6-2-5-13-10-4-3-8(12)7-9(10)11(14)15/h3-4,7,13H,2,5-6H2,1H3,(H,14,15). The van der Waals surface area contributed by atoms with Crippen molar-refractivity contribution in [1.82, 2.24) is 0 Å². The molecule has 0 heterocycles. The van der Waals surface area contributed by atoms with Crippen LogP contribution in [0.3, 0.4) is 0 Å². The molecular weight excluding hydrogens is 246 g/mol. The first-order chi connectivity index (χ1) is 7.65. The fraction of sp³-hybridized carbons (Fsp3) is 0.364. The number of rotatable bonds is 6. The van der Waals surface area contributed by atoms with Crippen molar-refractivity contribution in [1.29, 1.82) is 0 Å². The summed E-state index contributed by atoms with van der Waals surface area (Å²) in [5, 5.41) is 12.5. The van der Waals surface area contributed by atoms with Gasteiger partial charge in [-0.15, -0.1) is 0 Å². The Hall–Kier alpha value is -0.870. The molecule has 0 aromatic heterocycles. The summed E-state index contributed by atoms with van der Waals surface area (Å²) in [5.41, 5.74) is 0.842. The van der Waals surface area contributed by atoms with Crippen molar-refractivity contribution in [3.63, 3.8) is 0 Å². The summed E-state index contributed by atoms with van der Waals surface area (Å²) in [6.45, 7) is 0.767. The lowest BCUT2D eigenvalue weighted by atomic mass is 10.2. The van der Waals surface area contributed by atoms with Gasteiger partial charge in [0.25, 0.3) is 0 Å². The summed E-state index contributed by atoms with van der Waals surface area (Å²) in [6.07, 6.45) is 3.05.